The van der Waals surface area contributed by atoms with Crippen molar-refractivity contribution in [1.29, 1.82) is 0 Å². The summed E-state index contributed by atoms with van der Waals surface area (Å²) in [6, 6.07) is 12.9. The number of aryl methyl sites for hydroxylation is 1. The number of carbonyl (C=O) groups excluding carboxylic acids is 1. The summed E-state index contributed by atoms with van der Waals surface area (Å²) in [5, 5.41) is 5.82. The fourth-order valence-electron chi connectivity index (χ4n) is 2.25. The maximum atomic E-state index is 13.8. The second-order valence-electron chi connectivity index (χ2n) is 5.30. The Morgan fingerprint density at radius 2 is 1.84 bits per heavy atom. The molecule has 3 aromatic rings. The molecule has 2 N–H and O–H groups in total. The van der Waals surface area contributed by atoms with E-state index in [0.717, 1.165) is 11.4 Å². The fraction of sp³-hybridized carbons (Fsp3) is 0.0556. The van der Waals surface area contributed by atoms with Crippen molar-refractivity contribution in [2.75, 3.05) is 10.6 Å². The Morgan fingerprint density at radius 1 is 1.08 bits per heavy atom. The van der Waals surface area contributed by atoms with Crippen LogP contribution in [0, 0.1) is 12.7 Å². The average molecular weight is 357 g/mol. The monoisotopic (exact) mass is 356 g/mol. The first-order valence-corrected chi connectivity index (χ1v) is 7.82. The summed E-state index contributed by atoms with van der Waals surface area (Å²) in [5.41, 5.74) is 1.86. The second-order valence-corrected chi connectivity index (χ2v) is 5.71. The van der Waals surface area contributed by atoms with Gasteiger partial charge in [-0.15, -0.1) is 0 Å². The minimum Gasteiger partial charge on any atom is -0.340 e. The zero-order valence-electron chi connectivity index (χ0n) is 13.3. The zero-order valence-corrected chi connectivity index (χ0v) is 14.0. The van der Waals surface area contributed by atoms with Crippen LogP contribution in [0.25, 0.3) is 0 Å². The molecule has 0 saturated carbocycles. The van der Waals surface area contributed by atoms with Gasteiger partial charge in [0.2, 0.25) is 0 Å². The number of aromatic nitrogens is 2. The molecule has 7 heteroatoms. The van der Waals surface area contributed by atoms with Crippen LogP contribution in [-0.4, -0.2) is 15.9 Å². The van der Waals surface area contributed by atoms with E-state index in [4.69, 9.17) is 11.6 Å². The molecule has 126 valence electrons. The second kappa shape index (κ2) is 7.27. The van der Waals surface area contributed by atoms with Gasteiger partial charge in [-0.2, -0.15) is 0 Å². The summed E-state index contributed by atoms with van der Waals surface area (Å²) >= 11 is 5.92. The normalized spacial score (nSPS) is 10.4. The van der Waals surface area contributed by atoms with Crippen LogP contribution in [0.1, 0.15) is 16.1 Å². The van der Waals surface area contributed by atoms with Gasteiger partial charge in [0.1, 0.15) is 18.0 Å². The molecule has 5 nitrogen and oxygen atoms in total. The Labute approximate surface area is 148 Å². The highest BCUT2D eigenvalue weighted by atomic mass is 35.5. The summed E-state index contributed by atoms with van der Waals surface area (Å²) in [7, 11) is 0. The summed E-state index contributed by atoms with van der Waals surface area (Å²) in [5.74, 6) is -0.651. The van der Waals surface area contributed by atoms with E-state index < -0.39 is 11.7 Å². The van der Waals surface area contributed by atoms with Crippen LogP contribution in [0.4, 0.5) is 21.6 Å². The molecule has 25 heavy (non-hydrogen) atoms. The summed E-state index contributed by atoms with van der Waals surface area (Å²) in [4.78, 5) is 20.4. The molecule has 0 unspecified atom stereocenters. The standard InChI is InChI=1S/C18H14ClFN4O/c1-11-8-16(22-10-21-11)23-12-4-2-5-13(9-12)24-18(25)17-14(19)6-3-7-15(17)20/h2-10H,1H3,(H,24,25)(H,21,22,23). The first-order chi connectivity index (χ1) is 12.0. The van der Waals surface area contributed by atoms with Crippen molar-refractivity contribution < 1.29 is 9.18 Å². The minimum atomic E-state index is -0.671. The van der Waals surface area contributed by atoms with E-state index in [1.54, 1.807) is 24.3 Å². The van der Waals surface area contributed by atoms with Crippen molar-refractivity contribution in [2.24, 2.45) is 0 Å². The number of nitrogens with zero attached hydrogens (tertiary/aromatic N) is 2. The number of hydrogen-bond acceptors (Lipinski definition) is 4. The van der Waals surface area contributed by atoms with Crippen molar-refractivity contribution in [1.82, 2.24) is 9.97 Å². The first kappa shape index (κ1) is 16.9. The molecule has 0 atom stereocenters. The van der Waals surface area contributed by atoms with Crippen LogP contribution in [0.5, 0.6) is 0 Å². The van der Waals surface area contributed by atoms with E-state index in [-0.39, 0.29) is 10.6 Å². The van der Waals surface area contributed by atoms with Gasteiger partial charge in [0, 0.05) is 23.1 Å². The maximum absolute atomic E-state index is 13.8. The van der Waals surface area contributed by atoms with Gasteiger partial charge in [-0.3, -0.25) is 4.79 Å². The smallest absolute Gasteiger partial charge is 0.260 e. The minimum absolute atomic E-state index is 0.0586. The Hall–Kier alpha value is -2.99. The average Bonchev–Trinajstić information content (AvgIpc) is 2.55. The number of amides is 1. The third-order valence-corrected chi connectivity index (χ3v) is 3.70. The Kier molecular flexibility index (Phi) is 4.90. The van der Waals surface area contributed by atoms with Gasteiger partial charge in [0.25, 0.3) is 5.91 Å². The number of benzene rings is 2. The Balaban J connectivity index is 1.79. The zero-order chi connectivity index (χ0) is 17.8. The van der Waals surface area contributed by atoms with Crippen molar-refractivity contribution in [3.8, 4) is 0 Å². The SMILES string of the molecule is Cc1cc(Nc2cccc(NC(=O)c3c(F)cccc3Cl)c2)ncn1. The molecule has 1 aromatic heterocycles. The lowest BCUT2D eigenvalue weighted by molar-refractivity contribution is 0.102. The molecule has 2 aromatic carbocycles. The number of carbonyl (C=O) groups is 1. The van der Waals surface area contributed by atoms with Gasteiger partial charge in [-0.05, 0) is 37.3 Å². The molecule has 1 amide bonds. The number of hydrogen-bond donors (Lipinski definition) is 2. The van der Waals surface area contributed by atoms with Gasteiger partial charge in [-0.25, -0.2) is 14.4 Å². The molecule has 3 rings (SSSR count). The molecular formula is C18H14ClFN4O. The van der Waals surface area contributed by atoms with Crippen molar-refractivity contribution in [3.63, 3.8) is 0 Å². The number of anilines is 3. The van der Waals surface area contributed by atoms with E-state index in [1.807, 2.05) is 13.0 Å². The third kappa shape index (κ3) is 4.10. The molecule has 0 aliphatic rings. The lowest BCUT2D eigenvalue weighted by atomic mass is 10.2. The maximum Gasteiger partial charge on any atom is 0.260 e. The molecule has 1 heterocycles. The summed E-state index contributed by atoms with van der Waals surface area (Å²) in [6.07, 6.45) is 1.46. The quantitative estimate of drug-likeness (QED) is 0.718. The van der Waals surface area contributed by atoms with E-state index >= 15 is 0 Å². The summed E-state index contributed by atoms with van der Waals surface area (Å²) < 4.78 is 13.8. The van der Waals surface area contributed by atoms with Crippen LogP contribution in [-0.2, 0) is 0 Å². The number of rotatable bonds is 4. The van der Waals surface area contributed by atoms with Crippen LogP contribution in [0.2, 0.25) is 5.02 Å². The highest BCUT2D eigenvalue weighted by Crippen LogP contribution is 2.23. The van der Waals surface area contributed by atoms with Crippen LogP contribution in [0.3, 0.4) is 0 Å². The van der Waals surface area contributed by atoms with Crippen LogP contribution >= 0.6 is 11.6 Å². The molecule has 0 saturated heterocycles. The first-order valence-electron chi connectivity index (χ1n) is 7.44. The number of nitrogens with one attached hydrogen (secondary N) is 2. The van der Waals surface area contributed by atoms with Gasteiger partial charge < -0.3 is 10.6 Å². The molecule has 0 aliphatic carbocycles. The van der Waals surface area contributed by atoms with Crippen molar-refractivity contribution >= 4 is 34.7 Å². The fourth-order valence-corrected chi connectivity index (χ4v) is 2.50. The largest absolute Gasteiger partial charge is 0.340 e. The lowest BCUT2D eigenvalue weighted by Gasteiger charge is -2.10. The van der Waals surface area contributed by atoms with Gasteiger partial charge in [-0.1, -0.05) is 23.7 Å². The van der Waals surface area contributed by atoms with Gasteiger partial charge in [0.15, 0.2) is 0 Å². The Bertz CT molecular complexity index is 912. The highest BCUT2D eigenvalue weighted by Gasteiger charge is 2.15. The predicted octanol–water partition coefficient (Wildman–Crippen LogP) is 4.57. The van der Waals surface area contributed by atoms with E-state index in [0.29, 0.717) is 11.5 Å². The van der Waals surface area contributed by atoms with E-state index in [2.05, 4.69) is 20.6 Å². The van der Waals surface area contributed by atoms with Crippen LogP contribution < -0.4 is 10.6 Å². The highest BCUT2D eigenvalue weighted by molar-refractivity contribution is 6.34. The molecular weight excluding hydrogens is 343 g/mol. The van der Waals surface area contributed by atoms with E-state index in [1.165, 1.54) is 24.5 Å². The van der Waals surface area contributed by atoms with Crippen molar-refractivity contribution in [3.05, 3.63) is 77.0 Å². The predicted molar refractivity (Wildman–Crippen MR) is 95.9 cm³/mol. The van der Waals surface area contributed by atoms with Crippen molar-refractivity contribution in [2.45, 2.75) is 6.92 Å². The van der Waals surface area contributed by atoms with Gasteiger partial charge >= 0.3 is 0 Å². The topological polar surface area (TPSA) is 66.9 Å². The molecule has 0 spiro atoms. The molecule has 0 aliphatic heterocycles. The molecule has 0 bridgehead atoms. The van der Waals surface area contributed by atoms with E-state index in [9.17, 15) is 9.18 Å². The third-order valence-electron chi connectivity index (χ3n) is 3.39. The molecule has 0 fully saturated rings. The molecule has 0 radical (unpaired) electrons. The number of halogens is 2. The summed E-state index contributed by atoms with van der Waals surface area (Å²) in [6.45, 7) is 1.86. The Morgan fingerprint density at radius 3 is 2.60 bits per heavy atom. The van der Waals surface area contributed by atoms with Crippen LogP contribution in [0.15, 0.2) is 54.9 Å². The lowest BCUT2D eigenvalue weighted by Crippen LogP contribution is -2.14. The van der Waals surface area contributed by atoms with Gasteiger partial charge in [0.05, 0.1) is 10.6 Å².